The van der Waals surface area contributed by atoms with Gasteiger partial charge in [0.15, 0.2) is 5.92 Å². The van der Waals surface area contributed by atoms with Crippen molar-refractivity contribution in [2.24, 2.45) is 17.3 Å². The van der Waals surface area contributed by atoms with Gasteiger partial charge in [0.1, 0.15) is 0 Å². The number of carboxylic acid groups (broad SMARTS) is 4. The van der Waals surface area contributed by atoms with Crippen molar-refractivity contribution in [3.63, 3.8) is 0 Å². The van der Waals surface area contributed by atoms with Gasteiger partial charge in [0.05, 0.1) is 12.8 Å². The Morgan fingerprint density at radius 3 is 1.37 bits per heavy atom. The van der Waals surface area contributed by atoms with Crippen molar-refractivity contribution >= 4 is 23.9 Å². The molecule has 0 aliphatic carbocycles. The van der Waals surface area contributed by atoms with Crippen LogP contribution in [0.15, 0.2) is 30.3 Å². The summed E-state index contributed by atoms with van der Waals surface area (Å²) < 4.78 is 0. The van der Waals surface area contributed by atoms with E-state index in [0.717, 1.165) is 0 Å². The second-order valence-electron chi connectivity index (χ2n) is 8.36. The number of carbonyl (C=O) groups is 4. The number of rotatable bonds is 11. The third-order valence-corrected chi connectivity index (χ3v) is 4.36. The molecule has 0 atom stereocenters. The molecule has 0 aliphatic rings. The molecule has 1 rings (SSSR count). The average Bonchev–Trinajstić information content (AvgIpc) is 2.52. The second-order valence-corrected chi connectivity index (χ2v) is 8.36. The Balaban J connectivity index is 0.000000579. The first-order valence-corrected chi connectivity index (χ1v) is 9.73. The molecule has 30 heavy (non-hydrogen) atoms. The fraction of sp³-hybridized carbons (Fsp3) is 0.545. The maximum Gasteiger partial charge on any atom is 0.322 e. The lowest BCUT2D eigenvalue weighted by Crippen LogP contribution is -2.31. The summed E-state index contributed by atoms with van der Waals surface area (Å²) in [4.78, 5) is 43.1. The highest BCUT2D eigenvalue weighted by Crippen LogP contribution is 2.40. The van der Waals surface area contributed by atoms with Crippen molar-refractivity contribution in [3.05, 3.63) is 35.9 Å². The molecule has 0 amide bonds. The fourth-order valence-electron chi connectivity index (χ4n) is 3.84. The molecule has 0 saturated carbocycles. The molecule has 168 valence electrons. The molecule has 0 unspecified atom stereocenters. The van der Waals surface area contributed by atoms with Crippen LogP contribution in [0.4, 0.5) is 0 Å². The summed E-state index contributed by atoms with van der Waals surface area (Å²) >= 11 is 0. The number of aliphatic carboxylic acids is 4. The van der Waals surface area contributed by atoms with E-state index in [1.165, 1.54) is 12.1 Å². The van der Waals surface area contributed by atoms with Crippen LogP contribution in [-0.2, 0) is 19.2 Å². The van der Waals surface area contributed by atoms with Crippen molar-refractivity contribution in [3.8, 4) is 0 Å². The van der Waals surface area contributed by atoms with E-state index in [9.17, 15) is 19.2 Å². The zero-order valence-electron chi connectivity index (χ0n) is 17.9. The lowest BCUT2D eigenvalue weighted by Gasteiger charge is -2.34. The second kappa shape index (κ2) is 12.6. The molecule has 0 aliphatic heterocycles. The average molecular weight is 424 g/mol. The summed E-state index contributed by atoms with van der Waals surface area (Å²) in [7, 11) is 0. The predicted molar refractivity (Wildman–Crippen MR) is 110 cm³/mol. The molecule has 4 N–H and O–H groups in total. The largest absolute Gasteiger partial charge is 0.481 e. The van der Waals surface area contributed by atoms with E-state index in [1.807, 2.05) is 27.7 Å². The van der Waals surface area contributed by atoms with Gasteiger partial charge in [-0.3, -0.25) is 19.2 Å². The van der Waals surface area contributed by atoms with Gasteiger partial charge in [-0.05, 0) is 35.7 Å². The number of benzene rings is 1. The van der Waals surface area contributed by atoms with Crippen LogP contribution in [0.2, 0.25) is 0 Å². The molecule has 8 heteroatoms. The summed E-state index contributed by atoms with van der Waals surface area (Å²) in [5, 5.41) is 35.2. The van der Waals surface area contributed by atoms with E-state index >= 15 is 0 Å². The molecule has 0 saturated heterocycles. The fourth-order valence-corrected chi connectivity index (χ4v) is 3.84. The summed E-state index contributed by atoms with van der Waals surface area (Å²) in [5.41, 5.74) is -0.331. The molecular weight excluding hydrogens is 392 g/mol. The maximum atomic E-state index is 11.0. The number of hydrogen-bond acceptors (Lipinski definition) is 4. The molecule has 0 spiro atoms. The van der Waals surface area contributed by atoms with Crippen LogP contribution in [0, 0.1) is 17.3 Å². The first-order valence-electron chi connectivity index (χ1n) is 9.73. The third-order valence-electron chi connectivity index (χ3n) is 4.36. The minimum absolute atomic E-state index is 0.0599. The Kier molecular flexibility index (Phi) is 11.4. The molecule has 0 radical (unpaired) electrons. The van der Waals surface area contributed by atoms with E-state index in [1.54, 1.807) is 18.2 Å². The lowest BCUT2D eigenvalue weighted by atomic mass is 9.70. The predicted octanol–water partition coefficient (Wildman–Crippen LogP) is 3.95. The summed E-state index contributed by atoms with van der Waals surface area (Å²) in [5.74, 6) is -5.39. The Morgan fingerprint density at radius 2 is 1.10 bits per heavy atom. The van der Waals surface area contributed by atoms with E-state index in [2.05, 4.69) is 0 Å². The van der Waals surface area contributed by atoms with Crippen molar-refractivity contribution in [2.45, 2.75) is 59.3 Å². The molecule has 1 aromatic carbocycles. The highest BCUT2D eigenvalue weighted by molar-refractivity contribution is 5.98. The van der Waals surface area contributed by atoms with Gasteiger partial charge < -0.3 is 20.4 Å². The Bertz CT molecular complexity index is 667. The molecule has 0 bridgehead atoms. The van der Waals surface area contributed by atoms with Gasteiger partial charge in [0.25, 0.3) is 0 Å². The summed E-state index contributed by atoms with van der Waals surface area (Å²) in [6.45, 7) is 8.00. The maximum absolute atomic E-state index is 11.0. The summed E-state index contributed by atoms with van der Waals surface area (Å²) in [6.07, 6.45) is 1.17. The quantitative estimate of drug-likeness (QED) is 0.390. The van der Waals surface area contributed by atoms with Gasteiger partial charge in [0.2, 0.25) is 0 Å². The van der Waals surface area contributed by atoms with Crippen LogP contribution in [0.5, 0.6) is 0 Å². The van der Waals surface area contributed by atoms with Gasteiger partial charge in [-0.15, -0.1) is 0 Å². The molecule has 1 aromatic rings. The van der Waals surface area contributed by atoms with Gasteiger partial charge in [-0.1, -0.05) is 58.0 Å². The third kappa shape index (κ3) is 10.6. The Morgan fingerprint density at radius 1 is 0.733 bits per heavy atom. The van der Waals surface area contributed by atoms with Gasteiger partial charge in [-0.25, -0.2) is 0 Å². The Hall–Kier alpha value is -2.90. The van der Waals surface area contributed by atoms with Crippen molar-refractivity contribution in [1.82, 2.24) is 0 Å². The van der Waals surface area contributed by atoms with Crippen molar-refractivity contribution in [1.29, 1.82) is 0 Å². The van der Waals surface area contributed by atoms with Crippen molar-refractivity contribution in [2.75, 3.05) is 0 Å². The zero-order chi connectivity index (χ0) is 23.5. The summed E-state index contributed by atoms with van der Waals surface area (Å²) in [6, 6.07) is 7.87. The Labute approximate surface area is 176 Å². The smallest absolute Gasteiger partial charge is 0.322 e. The highest BCUT2D eigenvalue weighted by atomic mass is 16.4. The molecule has 8 nitrogen and oxygen atoms in total. The highest BCUT2D eigenvalue weighted by Gasteiger charge is 2.36. The first-order chi connectivity index (χ1) is 13.8. The molecular formula is C22H32O8. The van der Waals surface area contributed by atoms with Gasteiger partial charge in [-0.2, -0.15) is 0 Å². The van der Waals surface area contributed by atoms with Crippen LogP contribution in [0.3, 0.4) is 0 Å². The standard InChI is InChI=1S/C13H24O4.C9H8O4/c1-9(2)5-13(6-10(3)4,7-11(14)15)8-12(16)17;10-8(11)7(9(12)13)6-4-2-1-3-5-6/h9-10H,5-8H2,1-4H3,(H,14,15)(H,16,17);1-5,7H,(H,10,11)(H,12,13). The van der Waals surface area contributed by atoms with Gasteiger partial charge in [0, 0.05) is 0 Å². The zero-order valence-corrected chi connectivity index (χ0v) is 17.9. The van der Waals surface area contributed by atoms with Crippen LogP contribution in [0.25, 0.3) is 0 Å². The number of carboxylic acids is 4. The molecule has 0 aromatic heterocycles. The van der Waals surface area contributed by atoms with Crippen LogP contribution < -0.4 is 0 Å². The molecule has 0 heterocycles. The minimum atomic E-state index is -1.47. The van der Waals surface area contributed by atoms with Crippen molar-refractivity contribution < 1.29 is 39.6 Å². The van der Waals surface area contributed by atoms with Gasteiger partial charge >= 0.3 is 23.9 Å². The lowest BCUT2D eigenvalue weighted by molar-refractivity contribution is -0.150. The minimum Gasteiger partial charge on any atom is -0.481 e. The van der Waals surface area contributed by atoms with E-state index < -0.39 is 35.2 Å². The van der Waals surface area contributed by atoms with E-state index in [-0.39, 0.29) is 18.4 Å². The van der Waals surface area contributed by atoms with E-state index in [4.69, 9.17) is 20.4 Å². The van der Waals surface area contributed by atoms with Crippen LogP contribution in [-0.4, -0.2) is 44.3 Å². The normalized spacial score (nSPS) is 11.2. The van der Waals surface area contributed by atoms with Crippen LogP contribution in [0.1, 0.15) is 64.9 Å². The first kappa shape index (κ1) is 27.1. The monoisotopic (exact) mass is 424 g/mol. The molecule has 0 fully saturated rings. The number of hydrogen-bond donors (Lipinski definition) is 4. The topological polar surface area (TPSA) is 149 Å². The van der Waals surface area contributed by atoms with Crippen LogP contribution >= 0.6 is 0 Å². The van der Waals surface area contributed by atoms with E-state index in [0.29, 0.717) is 24.7 Å². The SMILES string of the molecule is CC(C)CC(CC(=O)O)(CC(=O)O)CC(C)C.O=C(O)C(C(=O)O)c1ccccc1.